The molecule has 1 atom stereocenters. The third-order valence-electron chi connectivity index (χ3n) is 2.37. The molecule has 1 heterocycles. The van der Waals surface area contributed by atoms with Crippen molar-refractivity contribution in [3.05, 3.63) is 0 Å². The maximum atomic E-state index is 3.52. The highest BCUT2D eigenvalue weighted by Crippen LogP contribution is 2.16. The van der Waals surface area contributed by atoms with Gasteiger partial charge in [-0.15, -0.1) is 0 Å². The van der Waals surface area contributed by atoms with Crippen LogP contribution in [-0.4, -0.2) is 37.1 Å². The van der Waals surface area contributed by atoms with Crippen LogP contribution in [0.5, 0.6) is 0 Å². The van der Waals surface area contributed by atoms with E-state index in [1.807, 2.05) is 0 Å². The molecule has 1 fully saturated rings. The summed E-state index contributed by atoms with van der Waals surface area (Å²) in [4.78, 5) is 2.59. The van der Waals surface area contributed by atoms with Gasteiger partial charge < -0.3 is 10.2 Å². The summed E-state index contributed by atoms with van der Waals surface area (Å²) in [5, 5.41) is 3.52. The highest BCUT2D eigenvalue weighted by molar-refractivity contribution is 4.76. The van der Waals surface area contributed by atoms with Crippen molar-refractivity contribution in [2.45, 2.75) is 40.2 Å². The lowest BCUT2D eigenvalue weighted by Gasteiger charge is -2.29. The van der Waals surface area contributed by atoms with Gasteiger partial charge >= 0.3 is 0 Å². The van der Waals surface area contributed by atoms with Crippen LogP contribution in [0.1, 0.15) is 34.1 Å². The Kier molecular flexibility index (Phi) is 3.74. The highest BCUT2D eigenvalue weighted by atomic mass is 15.2. The predicted molar refractivity (Wildman–Crippen MR) is 58.0 cm³/mol. The van der Waals surface area contributed by atoms with E-state index in [9.17, 15) is 0 Å². The van der Waals surface area contributed by atoms with Crippen LogP contribution < -0.4 is 5.32 Å². The van der Waals surface area contributed by atoms with Gasteiger partial charge in [0, 0.05) is 19.1 Å². The number of hydrogen-bond acceptors (Lipinski definition) is 2. The van der Waals surface area contributed by atoms with Crippen LogP contribution in [0.2, 0.25) is 0 Å². The summed E-state index contributed by atoms with van der Waals surface area (Å²) in [6.07, 6.45) is 1.29. The molecule has 0 aliphatic carbocycles. The van der Waals surface area contributed by atoms with Crippen LogP contribution in [0.3, 0.4) is 0 Å². The number of nitrogens with one attached hydrogen (secondary N) is 1. The summed E-state index contributed by atoms with van der Waals surface area (Å²) in [5.74, 6) is 0. The lowest BCUT2D eigenvalue weighted by molar-refractivity contribution is 0.191. The summed E-state index contributed by atoms with van der Waals surface area (Å²) in [6.45, 7) is 14.1. The predicted octanol–water partition coefficient (Wildman–Crippen LogP) is 1.72. The first-order chi connectivity index (χ1) is 5.97. The molecular formula is C11H24N2. The molecule has 13 heavy (non-hydrogen) atoms. The lowest BCUT2D eigenvalue weighted by atomic mass is 9.96. The Hall–Kier alpha value is -0.0800. The van der Waals surface area contributed by atoms with E-state index in [0.29, 0.717) is 11.5 Å². The Labute approximate surface area is 82.7 Å². The SMILES string of the molecule is CC1CN(CC(C)(C)C)CCCN1. The molecule has 2 heteroatoms. The number of nitrogens with zero attached hydrogens (tertiary/aromatic N) is 1. The maximum Gasteiger partial charge on any atom is 0.0166 e. The van der Waals surface area contributed by atoms with Gasteiger partial charge in [0.15, 0.2) is 0 Å². The minimum Gasteiger partial charge on any atom is -0.313 e. The van der Waals surface area contributed by atoms with Crippen LogP contribution in [0.25, 0.3) is 0 Å². The molecule has 0 aromatic carbocycles. The minimum atomic E-state index is 0.435. The summed E-state index contributed by atoms with van der Waals surface area (Å²) in [5.41, 5.74) is 0.435. The summed E-state index contributed by atoms with van der Waals surface area (Å²) >= 11 is 0. The second kappa shape index (κ2) is 4.43. The Bertz CT molecular complexity index is 149. The lowest BCUT2D eigenvalue weighted by Crippen LogP contribution is -2.39. The smallest absolute Gasteiger partial charge is 0.0166 e. The zero-order valence-electron chi connectivity index (χ0n) is 9.56. The molecule has 0 saturated carbocycles. The van der Waals surface area contributed by atoms with Crippen molar-refractivity contribution in [3.63, 3.8) is 0 Å². The second-order valence-corrected chi connectivity index (χ2v) is 5.50. The van der Waals surface area contributed by atoms with Crippen LogP contribution in [0.15, 0.2) is 0 Å². The van der Waals surface area contributed by atoms with E-state index in [0.717, 1.165) is 0 Å². The van der Waals surface area contributed by atoms with E-state index in [1.54, 1.807) is 0 Å². The molecule has 1 aliphatic rings. The Morgan fingerprint density at radius 3 is 2.69 bits per heavy atom. The molecule has 0 spiro atoms. The molecule has 1 N–H and O–H groups in total. The van der Waals surface area contributed by atoms with Gasteiger partial charge in [-0.25, -0.2) is 0 Å². The van der Waals surface area contributed by atoms with Gasteiger partial charge in [0.1, 0.15) is 0 Å². The quantitative estimate of drug-likeness (QED) is 0.667. The molecule has 0 amide bonds. The third kappa shape index (κ3) is 4.63. The third-order valence-corrected chi connectivity index (χ3v) is 2.37. The van der Waals surface area contributed by atoms with E-state index in [4.69, 9.17) is 0 Å². The molecule has 0 radical (unpaired) electrons. The fraction of sp³-hybridized carbons (Fsp3) is 1.00. The molecule has 0 aromatic heterocycles. The van der Waals surface area contributed by atoms with E-state index in [1.165, 1.54) is 32.6 Å². The van der Waals surface area contributed by atoms with Crippen molar-refractivity contribution >= 4 is 0 Å². The summed E-state index contributed by atoms with van der Waals surface area (Å²) in [6, 6.07) is 0.657. The fourth-order valence-corrected chi connectivity index (χ4v) is 2.01. The first-order valence-corrected chi connectivity index (χ1v) is 5.43. The molecule has 0 bridgehead atoms. The van der Waals surface area contributed by atoms with Crippen molar-refractivity contribution < 1.29 is 0 Å². The summed E-state index contributed by atoms with van der Waals surface area (Å²) < 4.78 is 0. The zero-order valence-corrected chi connectivity index (χ0v) is 9.56. The van der Waals surface area contributed by atoms with Crippen LogP contribution >= 0.6 is 0 Å². The average Bonchev–Trinajstić information content (AvgIpc) is 2.10. The average molecular weight is 184 g/mol. The minimum absolute atomic E-state index is 0.435. The first-order valence-electron chi connectivity index (χ1n) is 5.43. The molecule has 1 saturated heterocycles. The van der Waals surface area contributed by atoms with Gasteiger partial charge in [0.2, 0.25) is 0 Å². The maximum absolute atomic E-state index is 3.52. The standard InChI is InChI=1S/C11H24N2/c1-10-8-13(7-5-6-12-10)9-11(2,3)4/h10,12H,5-9H2,1-4H3. The van der Waals surface area contributed by atoms with Gasteiger partial charge in [-0.1, -0.05) is 20.8 Å². The molecule has 1 unspecified atom stereocenters. The van der Waals surface area contributed by atoms with Crippen molar-refractivity contribution in [2.75, 3.05) is 26.2 Å². The zero-order chi connectivity index (χ0) is 9.90. The van der Waals surface area contributed by atoms with E-state index < -0.39 is 0 Å². The Morgan fingerprint density at radius 1 is 1.38 bits per heavy atom. The van der Waals surface area contributed by atoms with Gasteiger partial charge in [-0.2, -0.15) is 0 Å². The van der Waals surface area contributed by atoms with E-state index in [-0.39, 0.29) is 0 Å². The first kappa shape index (κ1) is 11.0. The van der Waals surface area contributed by atoms with Crippen LogP contribution in [0, 0.1) is 5.41 Å². The van der Waals surface area contributed by atoms with Crippen LogP contribution in [0.4, 0.5) is 0 Å². The molecule has 1 aliphatic heterocycles. The number of hydrogen-bond donors (Lipinski definition) is 1. The van der Waals surface area contributed by atoms with E-state index in [2.05, 4.69) is 37.9 Å². The molecule has 2 nitrogen and oxygen atoms in total. The molecule has 1 rings (SSSR count). The van der Waals surface area contributed by atoms with Crippen LogP contribution in [-0.2, 0) is 0 Å². The van der Waals surface area contributed by atoms with E-state index >= 15 is 0 Å². The Balaban J connectivity index is 2.39. The largest absolute Gasteiger partial charge is 0.313 e. The van der Waals surface area contributed by atoms with Crippen molar-refractivity contribution in [1.82, 2.24) is 10.2 Å². The van der Waals surface area contributed by atoms with Gasteiger partial charge in [0.05, 0.1) is 0 Å². The van der Waals surface area contributed by atoms with Crippen molar-refractivity contribution in [2.24, 2.45) is 5.41 Å². The fourth-order valence-electron chi connectivity index (χ4n) is 2.01. The Morgan fingerprint density at radius 2 is 2.08 bits per heavy atom. The highest BCUT2D eigenvalue weighted by Gasteiger charge is 2.19. The molecule has 78 valence electrons. The summed E-state index contributed by atoms with van der Waals surface area (Å²) in [7, 11) is 0. The topological polar surface area (TPSA) is 15.3 Å². The molecule has 0 aromatic rings. The van der Waals surface area contributed by atoms with Gasteiger partial charge in [-0.05, 0) is 31.8 Å². The van der Waals surface area contributed by atoms with Gasteiger partial charge in [-0.3, -0.25) is 0 Å². The normalized spacial score (nSPS) is 27.2. The van der Waals surface area contributed by atoms with Crippen molar-refractivity contribution in [3.8, 4) is 0 Å². The molecular weight excluding hydrogens is 160 g/mol. The van der Waals surface area contributed by atoms with Crippen molar-refractivity contribution in [1.29, 1.82) is 0 Å². The monoisotopic (exact) mass is 184 g/mol. The number of rotatable bonds is 1. The second-order valence-electron chi connectivity index (χ2n) is 5.50. The van der Waals surface area contributed by atoms with Gasteiger partial charge in [0.25, 0.3) is 0 Å².